The van der Waals surface area contributed by atoms with Gasteiger partial charge in [0.2, 0.25) is 0 Å². The molecular weight excluding hydrogens is 338 g/mol. The Bertz CT molecular complexity index is 408. The zero-order chi connectivity index (χ0) is 15.0. The highest BCUT2D eigenvalue weighted by molar-refractivity contribution is 9.11. The molecule has 0 bridgehead atoms. The molecule has 3 fully saturated rings. The lowest BCUT2D eigenvalue weighted by Gasteiger charge is -2.33. The van der Waals surface area contributed by atoms with Gasteiger partial charge in [-0.3, -0.25) is 4.90 Å². The molecule has 0 radical (unpaired) electrons. The van der Waals surface area contributed by atoms with Crippen molar-refractivity contribution < 1.29 is 19.3 Å². The van der Waals surface area contributed by atoms with E-state index in [1.807, 2.05) is 13.8 Å². The van der Waals surface area contributed by atoms with E-state index in [-0.39, 0.29) is 18.2 Å². The van der Waals surface area contributed by atoms with E-state index in [9.17, 15) is 5.11 Å². The van der Waals surface area contributed by atoms with Gasteiger partial charge in [-0.1, -0.05) is 22.4 Å². The maximum Gasteiger partial charge on any atom is 0.163 e. The van der Waals surface area contributed by atoms with Gasteiger partial charge in [-0.15, -0.1) is 0 Å². The number of hydrogen-bond acceptors (Lipinski definition) is 5. The van der Waals surface area contributed by atoms with Gasteiger partial charge in [0.15, 0.2) is 11.9 Å². The van der Waals surface area contributed by atoms with Crippen molar-refractivity contribution in [1.29, 1.82) is 0 Å². The highest BCUT2D eigenvalue weighted by Gasteiger charge is 2.51. The Morgan fingerprint density at radius 3 is 2.57 bits per heavy atom. The summed E-state index contributed by atoms with van der Waals surface area (Å²) >= 11 is 3.37. The normalized spacial score (nSPS) is 42.4. The molecule has 0 spiro atoms. The lowest BCUT2D eigenvalue weighted by atomic mass is 10.00. The van der Waals surface area contributed by atoms with Gasteiger partial charge in [-0.25, -0.2) is 0 Å². The molecule has 0 aromatic carbocycles. The highest BCUT2D eigenvalue weighted by Crippen LogP contribution is 2.37. The SMILES string of the molecule is CC1(C)OC[C@H]([C@H]2O/C(=C\Br)[C@H](N3CCCCC3)[C@H]2O)O1. The number of aliphatic hydroxyl groups is 1. The zero-order valence-corrected chi connectivity index (χ0v) is 14.2. The van der Waals surface area contributed by atoms with Crippen LogP contribution in [0, 0.1) is 0 Å². The third kappa shape index (κ3) is 3.15. The highest BCUT2D eigenvalue weighted by atomic mass is 79.9. The number of nitrogens with zero attached hydrogens (tertiary/aromatic N) is 1. The third-order valence-electron chi connectivity index (χ3n) is 4.51. The molecule has 0 amide bonds. The fourth-order valence-corrected chi connectivity index (χ4v) is 3.88. The minimum Gasteiger partial charge on any atom is -0.487 e. The number of rotatable bonds is 2. The maximum atomic E-state index is 10.8. The number of piperidine rings is 1. The van der Waals surface area contributed by atoms with Gasteiger partial charge in [-0.2, -0.15) is 0 Å². The largest absolute Gasteiger partial charge is 0.487 e. The van der Waals surface area contributed by atoms with Crippen molar-refractivity contribution in [3.8, 4) is 0 Å². The van der Waals surface area contributed by atoms with Crippen LogP contribution in [-0.4, -0.2) is 59.8 Å². The summed E-state index contributed by atoms with van der Waals surface area (Å²) in [4.78, 5) is 4.11. The smallest absolute Gasteiger partial charge is 0.163 e. The summed E-state index contributed by atoms with van der Waals surface area (Å²) in [5.74, 6) is 0.192. The van der Waals surface area contributed by atoms with E-state index < -0.39 is 11.9 Å². The molecule has 6 heteroatoms. The third-order valence-corrected chi connectivity index (χ3v) is 4.96. The van der Waals surface area contributed by atoms with E-state index in [0.717, 1.165) is 18.8 Å². The van der Waals surface area contributed by atoms with Crippen LogP contribution in [0.2, 0.25) is 0 Å². The molecule has 0 saturated carbocycles. The molecule has 0 aliphatic carbocycles. The van der Waals surface area contributed by atoms with Gasteiger partial charge >= 0.3 is 0 Å². The lowest BCUT2D eigenvalue weighted by molar-refractivity contribution is -0.156. The first-order valence-corrected chi connectivity index (χ1v) is 8.64. The molecule has 5 nitrogen and oxygen atoms in total. The van der Waals surface area contributed by atoms with Crippen molar-refractivity contribution in [2.75, 3.05) is 19.7 Å². The molecule has 3 rings (SSSR count). The number of halogens is 1. The molecule has 4 atom stereocenters. The molecule has 3 heterocycles. The molecule has 1 N–H and O–H groups in total. The van der Waals surface area contributed by atoms with Crippen molar-refractivity contribution in [3.05, 3.63) is 10.7 Å². The molecule has 120 valence electrons. The second-order valence-electron chi connectivity index (χ2n) is 6.49. The Kier molecular flexibility index (Phi) is 4.62. The maximum absolute atomic E-state index is 10.8. The summed E-state index contributed by atoms with van der Waals surface area (Å²) in [5.41, 5.74) is 0. The van der Waals surface area contributed by atoms with Crippen molar-refractivity contribution in [2.45, 2.75) is 63.3 Å². The second-order valence-corrected chi connectivity index (χ2v) is 6.95. The van der Waals surface area contributed by atoms with Crippen LogP contribution in [0.1, 0.15) is 33.1 Å². The summed E-state index contributed by atoms with van der Waals surface area (Å²) in [6, 6.07) is -0.0815. The van der Waals surface area contributed by atoms with Gasteiger partial charge < -0.3 is 19.3 Å². The Balaban J connectivity index is 1.73. The van der Waals surface area contributed by atoms with Crippen LogP contribution >= 0.6 is 15.9 Å². The second kappa shape index (κ2) is 6.16. The first-order chi connectivity index (χ1) is 10.0. The van der Waals surface area contributed by atoms with Crippen molar-refractivity contribution in [2.24, 2.45) is 0 Å². The van der Waals surface area contributed by atoms with Crippen LogP contribution in [0.25, 0.3) is 0 Å². The Morgan fingerprint density at radius 1 is 1.29 bits per heavy atom. The predicted molar refractivity (Wildman–Crippen MR) is 82.0 cm³/mol. The topological polar surface area (TPSA) is 51.2 Å². The van der Waals surface area contributed by atoms with Gasteiger partial charge in [0, 0.05) is 4.99 Å². The molecule has 21 heavy (non-hydrogen) atoms. The van der Waals surface area contributed by atoms with E-state index >= 15 is 0 Å². The molecule has 0 aromatic rings. The minimum atomic E-state index is -0.602. The number of aliphatic hydroxyl groups excluding tert-OH is 1. The van der Waals surface area contributed by atoms with E-state index in [1.54, 1.807) is 4.99 Å². The first kappa shape index (κ1) is 15.7. The van der Waals surface area contributed by atoms with Gasteiger partial charge in [-0.05, 0) is 39.8 Å². The Labute approximate surface area is 134 Å². The van der Waals surface area contributed by atoms with Crippen LogP contribution < -0.4 is 0 Å². The molecule has 0 unspecified atom stereocenters. The average molecular weight is 362 g/mol. The van der Waals surface area contributed by atoms with E-state index in [4.69, 9.17) is 14.2 Å². The fourth-order valence-electron chi connectivity index (χ4n) is 3.50. The molecule has 3 aliphatic heterocycles. The van der Waals surface area contributed by atoms with E-state index in [2.05, 4.69) is 20.8 Å². The predicted octanol–water partition coefficient (Wildman–Crippen LogP) is 1.99. The summed E-state index contributed by atoms with van der Waals surface area (Å²) < 4.78 is 17.5. The summed E-state index contributed by atoms with van der Waals surface area (Å²) in [5, 5.41) is 10.8. The number of ether oxygens (including phenoxy) is 3. The Hall–Kier alpha value is -0.140. The summed E-state index contributed by atoms with van der Waals surface area (Å²) in [6.45, 7) is 6.25. The van der Waals surface area contributed by atoms with Crippen LogP contribution in [0.4, 0.5) is 0 Å². The van der Waals surface area contributed by atoms with Gasteiger partial charge in [0.1, 0.15) is 18.0 Å². The average Bonchev–Trinajstić information content (AvgIpc) is 2.99. The van der Waals surface area contributed by atoms with Crippen molar-refractivity contribution in [3.63, 3.8) is 0 Å². The zero-order valence-electron chi connectivity index (χ0n) is 12.6. The van der Waals surface area contributed by atoms with Crippen LogP contribution in [0.15, 0.2) is 10.7 Å². The van der Waals surface area contributed by atoms with Gasteiger partial charge in [0.25, 0.3) is 0 Å². The van der Waals surface area contributed by atoms with E-state index in [0.29, 0.717) is 6.61 Å². The Morgan fingerprint density at radius 2 is 2.00 bits per heavy atom. The fraction of sp³-hybridized carbons (Fsp3) is 0.867. The molecule has 3 saturated heterocycles. The van der Waals surface area contributed by atoms with Crippen LogP contribution in [-0.2, 0) is 14.2 Å². The standard InChI is InChI=1S/C15H24BrNO4/c1-15(2)19-9-11(21-15)14-13(18)12(10(8-16)20-14)17-6-4-3-5-7-17/h8,11-14,18H,3-7,9H2,1-2H3/b10-8-/t11-,12+,13-,14-/m1/s1. The lowest BCUT2D eigenvalue weighted by Crippen LogP contribution is -2.49. The minimum absolute atomic E-state index is 0.0815. The quantitative estimate of drug-likeness (QED) is 0.814. The van der Waals surface area contributed by atoms with E-state index in [1.165, 1.54) is 19.3 Å². The number of likely N-dealkylation sites (tertiary alicyclic amines) is 1. The summed E-state index contributed by atoms with van der Waals surface area (Å²) in [7, 11) is 0. The van der Waals surface area contributed by atoms with Crippen molar-refractivity contribution >= 4 is 15.9 Å². The van der Waals surface area contributed by atoms with Gasteiger partial charge in [0.05, 0.1) is 12.6 Å². The number of hydrogen-bond donors (Lipinski definition) is 1. The first-order valence-electron chi connectivity index (χ1n) is 7.73. The van der Waals surface area contributed by atoms with Crippen molar-refractivity contribution in [1.82, 2.24) is 4.90 Å². The molecular formula is C15H24BrNO4. The van der Waals surface area contributed by atoms with Crippen LogP contribution in [0.5, 0.6) is 0 Å². The van der Waals surface area contributed by atoms with Crippen LogP contribution in [0.3, 0.4) is 0 Å². The monoisotopic (exact) mass is 361 g/mol. The molecule has 3 aliphatic rings. The summed E-state index contributed by atoms with van der Waals surface area (Å²) in [6.07, 6.45) is 2.44. The molecule has 0 aromatic heterocycles.